The Morgan fingerprint density at radius 1 is 1.19 bits per heavy atom. The Labute approximate surface area is 155 Å². The average molecular weight is 386 g/mol. The van der Waals surface area contributed by atoms with Gasteiger partial charge in [-0.25, -0.2) is 22.3 Å². The fourth-order valence-corrected chi connectivity index (χ4v) is 4.82. The molecule has 3 aromatic rings. The van der Waals surface area contributed by atoms with Crippen LogP contribution in [0.3, 0.4) is 0 Å². The second-order valence-corrected chi connectivity index (χ2v) is 7.97. The molecule has 1 aromatic heterocycles. The van der Waals surface area contributed by atoms with Crippen LogP contribution in [0.1, 0.15) is 23.0 Å². The number of para-hydroxylation sites is 1. The van der Waals surface area contributed by atoms with Crippen LogP contribution in [0.15, 0.2) is 53.4 Å². The molecular weight excluding hydrogens is 371 g/mol. The summed E-state index contributed by atoms with van der Waals surface area (Å²) in [4.78, 5) is 12.5. The number of benzene rings is 2. The zero-order chi connectivity index (χ0) is 19.2. The monoisotopic (exact) mass is 386 g/mol. The maximum absolute atomic E-state index is 14.4. The first-order valence-corrected chi connectivity index (χ1v) is 9.95. The van der Waals surface area contributed by atoms with Crippen LogP contribution in [0.5, 0.6) is 0 Å². The fraction of sp³-hybridized carbons (Fsp3) is 0.158. The van der Waals surface area contributed by atoms with Crippen LogP contribution in [0.4, 0.5) is 4.39 Å². The molecule has 0 aliphatic carbocycles. The highest BCUT2D eigenvalue weighted by atomic mass is 32.2. The van der Waals surface area contributed by atoms with Gasteiger partial charge in [0, 0.05) is 11.1 Å². The topological polar surface area (TPSA) is 78.3 Å². The molecule has 0 N–H and O–H groups in total. The highest BCUT2D eigenvalue weighted by molar-refractivity contribution is 7.90. The smallest absolute Gasteiger partial charge is 0.359 e. The van der Waals surface area contributed by atoms with Crippen molar-refractivity contribution < 1.29 is 22.3 Å². The zero-order valence-corrected chi connectivity index (χ0v) is 15.2. The van der Waals surface area contributed by atoms with E-state index >= 15 is 0 Å². The van der Waals surface area contributed by atoms with Crippen molar-refractivity contribution in [2.75, 3.05) is 6.61 Å². The molecule has 8 heteroatoms. The van der Waals surface area contributed by atoms with Crippen molar-refractivity contribution in [2.24, 2.45) is 0 Å². The zero-order valence-electron chi connectivity index (χ0n) is 14.3. The van der Waals surface area contributed by atoms with Gasteiger partial charge < -0.3 is 4.74 Å². The average Bonchev–Trinajstić information content (AvgIpc) is 3.01. The second-order valence-electron chi connectivity index (χ2n) is 6.01. The van der Waals surface area contributed by atoms with Crippen molar-refractivity contribution in [2.45, 2.75) is 17.6 Å². The number of esters is 1. The van der Waals surface area contributed by atoms with Gasteiger partial charge in [-0.3, -0.25) is 0 Å². The summed E-state index contributed by atoms with van der Waals surface area (Å²) in [6.07, 6.45) is 0. The summed E-state index contributed by atoms with van der Waals surface area (Å²) in [7, 11) is -3.66. The molecule has 4 rings (SSSR count). The molecule has 0 amide bonds. The van der Waals surface area contributed by atoms with E-state index in [9.17, 15) is 17.6 Å². The lowest BCUT2D eigenvalue weighted by molar-refractivity contribution is 0.0518. The maximum atomic E-state index is 14.4. The minimum atomic E-state index is -3.66. The number of fused-ring (bicyclic) bond motifs is 3. The Bertz CT molecular complexity index is 1170. The van der Waals surface area contributed by atoms with Gasteiger partial charge in [-0.2, -0.15) is 5.10 Å². The number of hydrogen-bond acceptors (Lipinski definition) is 5. The second kappa shape index (κ2) is 6.31. The van der Waals surface area contributed by atoms with Crippen LogP contribution in [0, 0.1) is 5.82 Å². The Hall–Kier alpha value is -3.00. The molecule has 1 aliphatic heterocycles. The molecule has 0 spiro atoms. The predicted octanol–water partition coefficient (Wildman–Crippen LogP) is 3.14. The van der Waals surface area contributed by atoms with E-state index < -0.39 is 27.4 Å². The highest BCUT2D eigenvalue weighted by Gasteiger charge is 2.36. The lowest BCUT2D eigenvalue weighted by Crippen LogP contribution is -2.16. The third-order valence-electron chi connectivity index (χ3n) is 4.34. The normalized spacial score (nSPS) is 14.3. The van der Waals surface area contributed by atoms with E-state index in [1.54, 1.807) is 37.3 Å². The molecule has 0 saturated carbocycles. The van der Waals surface area contributed by atoms with Gasteiger partial charge in [0.2, 0.25) is 0 Å². The fourth-order valence-electron chi connectivity index (χ4n) is 3.23. The molecule has 0 saturated heterocycles. The number of halogens is 1. The number of hydrogen-bond donors (Lipinski definition) is 0. The van der Waals surface area contributed by atoms with Crippen molar-refractivity contribution in [3.05, 3.63) is 65.6 Å². The van der Waals surface area contributed by atoms with Crippen molar-refractivity contribution >= 4 is 15.8 Å². The molecule has 0 atom stereocenters. The molecule has 138 valence electrons. The van der Waals surface area contributed by atoms with Gasteiger partial charge >= 0.3 is 5.97 Å². The number of sulfone groups is 1. The maximum Gasteiger partial charge on any atom is 0.359 e. The molecule has 1 aliphatic rings. The number of rotatable bonds is 3. The van der Waals surface area contributed by atoms with Gasteiger partial charge in [-0.1, -0.05) is 30.3 Å². The highest BCUT2D eigenvalue weighted by Crippen LogP contribution is 2.40. The van der Waals surface area contributed by atoms with E-state index in [0.717, 1.165) is 0 Å². The third kappa shape index (κ3) is 2.73. The van der Waals surface area contributed by atoms with Gasteiger partial charge in [0.05, 0.1) is 22.9 Å². The summed E-state index contributed by atoms with van der Waals surface area (Å²) in [5.74, 6) is -1.68. The van der Waals surface area contributed by atoms with Gasteiger partial charge in [0.15, 0.2) is 15.5 Å². The molecule has 2 aromatic carbocycles. The molecule has 0 fully saturated rings. The summed E-state index contributed by atoms with van der Waals surface area (Å²) >= 11 is 0. The quantitative estimate of drug-likeness (QED) is 0.646. The van der Waals surface area contributed by atoms with E-state index in [4.69, 9.17) is 4.74 Å². The summed E-state index contributed by atoms with van der Waals surface area (Å²) < 4.78 is 46.2. The van der Waals surface area contributed by atoms with Gasteiger partial charge in [0.25, 0.3) is 0 Å². The van der Waals surface area contributed by atoms with Crippen molar-refractivity contribution in [3.63, 3.8) is 0 Å². The van der Waals surface area contributed by atoms with Crippen LogP contribution < -0.4 is 0 Å². The summed E-state index contributed by atoms with van der Waals surface area (Å²) in [6.45, 7) is 1.76. The first kappa shape index (κ1) is 17.4. The van der Waals surface area contributed by atoms with Crippen molar-refractivity contribution in [1.82, 2.24) is 9.78 Å². The van der Waals surface area contributed by atoms with E-state index in [0.29, 0.717) is 11.3 Å². The molecule has 0 bridgehead atoms. The van der Waals surface area contributed by atoms with Crippen LogP contribution in [0.25, 0.3) is 16.9 Å². The Balaban J connectivity index is 2.08. The van der Waals surface area contributed by atoms with Crippen LogP contribution in [-0.4, -0.2) is 30.8 Å². The van der Waals surface area contributed by atoms with E-state index in [1.807, 2.05) is 0 Å². The van der Waals surface area contributed by atoms with Gasteiger partial charge in [0.1, 0.15) is 11.5 Å². The molecule has 2 heterocycles. The summed E-state index contributed by atoms with van der Waals surface area (Å²) in [5.41, 5.74) is 0.987. The molecule has 6 nitrogen and oxygen atoms in total. The number of ether oxygens (including phenoxy) is 1. The van der Waals surface area contributed by atoms with E-state index in [2.05, 4.69) is 5.10 Å². The molecule has 27 heavy (non-hydrogen) atoms. The van der Waals surface area contributed by atoms with E-state index in [-0.39, 0.29) is 28.4 Å². The van der Waals surface area contributed by atoms with E-state index in [1.165, 1.54) is 22.9 Å². The standard InChI is InChI=1S/C19H15FN2O4S/c1-2-26-19(23)17-13-11-27(24,25)16-10-6-3-7-12(16)18(13)22(21-17)15-9-5-4-8-14(15)20/h3-10H,2,11H2,1H3. The molecule has 0 unspecified atom stereocenters. The molecular formula is C19H15FN2O4S. The number of carbonyl (C=O) groups excluding carboxylic acids is 1. The number of nitrogens with zero attached hydrogens (tertiary/aromatic N) is 2. The van der Waals surface area contributed by atoms with Crippen molar-refractivity contribution in [1.29, 1.82) is 0 Å². The Morgan fingerprint density at radius 2 is 1.89 bits per heavy atom. The minimum Gasteiger partial charge on any atom is -0.461 e. The SMILES string of the molecule is CCOC(=O)c1nn(-c2ccccc2F)c2c1CS(=O)(=O)c1ccccc1-2. The first-order chi connectivity index (χ1) is 12.9. The largest absolute Gasteiger partial charge is 0.461 e. The summed E-state index contributed by atoms with van der Waals surface area (Å²) in [6, 6.07) is 12.4. The lowest BCUT2D eigenvalue weighted by atomic mass is 10.1. The van der Waals surface area contributed by atoms with Gasteiger partial charge in [-0.15, -0.1) is 0 Å². The first-order valence-electron chi connectivity index (χ1n) is 8.30. The Kier molecular flexibility index (Phi) is 4.07. The Morgan fingerprint density at radius 3 is 2.63 bits per heavy atom. The predicted molar refractivity (Wildman–Crippen MR) is 95.8 cm³/mol. The van der Waals surface area contributed by atoms with Crippen LogP contribution in [0.2, 0.25) is 0 Å². The van der Waals surface area contributed by atoms with Crippen LogP contribution in [-0.2, 0) is 20.3 Å². The number of aromatic nitrogens is 2. The minimum absolute atomic E-state index is 0.115. The third-order valence-corrected chi connectivity index (χ3v) is 6.04. The summed E-state index contributed by atoms with van der Waals surface area (Å²) in [5, 5.41) is 4.24. The lowest BCUT2D eigenvalue weighted by Gasteiger charge is -2.19. The number of carbonyl (C=O) groups is 1. The van der Waals surface area contributed by atoms with Gasteiger partial charge in [-0.05, 0) is 25.1 Å². The van der Waals surface area contributed by atoms with Crippen LogP contribution >= 0.6 is 0 Å². The molecule has 0 radical (unpaired) electrons. The van der Waals surface area contributed by atoms with Crippen molar-refractivity contribution in [3.8, 4) is 16.9 Å².